The van der Waals surface area contributed by atoms with Crippen molar-refractivity contribution >= 4 is 16.0 Å². The molecular weight excluding hydrogens is 356 g/mol. The predicted molar refractivity (Wildman–Crippen MR) is 103 cm³/mol. The molecule has 0 amide bonds. The van der Waals surface area contributed by atoms with Crippen LogP contribution in [0.5, 0.6) is 0 Å². The van der Waals surface area contributed by atoms with E-state index in [4.69, 9.17) is 9.47 Å². The van der Waals surface area contributed by atoms with Crippen molar-refractivity contribution in [2.45, 2.75) is 44.2 Å². The zero-order chi connectivity index (χ0) is 19.0. The quantitative estimate of drug-likeness (QED) is 0.369. The number of nitrogens with zero attached hydrogens (tertiary/aromatic N) is 3. The van der Waals surface area contributed by atoms with E-state index in [-0.39, 0.29) is 6.04 Å². The van der Waals surface area contributed by atoms with Crippen molar-refractivity contribution in [3.05, 3.63) is 0 Å². The first kappa shape index (κ1) is 21.4. The van der Waals surface area contributed by atoms with Gasteiger partial charge in [0.2, 0.25) is 10.0 Å². The monoisotopic (exact) mass is 390 g/mol. The molecule has 0 radical (unpaired) electrons. The van der Waals surface area contributed by atoms with Gasteiger partial charge in [-0.05, 0) is 32.1 Å². The third kappa shape index (κ3) is 6.37. The summed E-state index contributed by atoms with van der Waals surface area (Å²) in [4.78, 5) is 6.61. The van der Waals surface area contributed by atoms with Crippen molar-refractivity contribution < 1.29 is 17.9 Å². The number of sulfonamides is 1. The van der Waals surface area contributed by atoms with Crippen LogP contribution in [0.15, 0.2) is 4.99 Å². The van der Waals surface area contributed by atoms with Gasteiger partial charge in [0.1, 0.15) is 0 Å². The molecule has 26 heavy (non-hydrogen) atoms. The second-order valence-electron chi connectivity index (χ2n) is 7.00. The maximum absolute atomic E-state index is 11.9. The highest BCUT2D eigenvalue weighted by molar-refractivity contribution is 7.88. The van der Waals surface area contributed by atoms with Crippen molar-refractivity contribution in [1.29, 1.82) is 0 Å². The maximum Gasteiger partial charge on any atom is 0.211 e. The number of hydrogen-bond donors (Lipinski definition) is 1. The first-order chi connectivity index (χ1) is 12.5. The zero-order valence-electron chi connectivity index (χ0n) is 16.3. The molecule has 0 aromatic rings. The highest BCUT2D eigenvalue weighted by Gasteiger charge is 2.31. The molecule has 1 atom stereocenters. The summed E-state index contributed by atoms with van der Waals surface area (Å²) in [5.41, 5.74) is 0. The van der Waals surface area contributed by atoms with E-state index < -0.39 is 10.0 Å². The highest BCUT2D eigenvalue weighted by atomic mass is 32.2. The van der Waals surface area contributed by atoms with Crippen LogP contribution >= 0.6 is 0 Å². The number of aliphatic imine (C=N–C) groups is 1. The van der Waals surface area contributed by atoms with E-state index in [1.165, 1.54) is 6.26 Å². The van der Waals surface area contributed by atoms with Crippen molar-refractivity contribution in [3.63, 3.8) is 0 Å². The van der Waals surface area contributed by atoms with Crippen LogP contribution in [-0.4, -0.2) is 95.5 Å². The van der Waals surface area contributed by atoms with Crippen molar-refractivity contribution in [2.24, 2.45) is 4.99 Å². The fourth-order valence-electron chi connectivity index (χ4n) is 3.68. The smallest absolute Gasteiger partial charge is 0.211 e. The molecule has 0 saturated carbocycles. The van der Waals surface area contributed by atoms with Crippen LogP contribution in [0.2, 0.25) is 0 Å². The molecule has 0 aliphatic carbocycles. The summed E-state index contributed by atoms with van der Waals surface area (Å²) in [6.45, 7) is 4.50. The lowest BCUT2D eigenvalue weighted by molar-refractivity contribution is 0.00988. The van der Waals surface area contributed by atoms with Gasteiger partial charge in [-0.15, -0.1) is 0 Å². The van der Waals surface area contributed by atoms with E-state index in [0.717, 1.165) is 64.4 Å². The SMILES string of the molecule is CN=C(NC[C@H]1CCCN1S(C)(=O)=O)N1CCC(OCCCOC)CC1. The van der Waals surface area contributed by atoms with Gasteiger partial charge in [0.15, 0.2) is 5.96 Å². The summed E-state index contributed by atoms with van der Waals surface area (Å²) in [6.07, 6.45) is 6.30. The van der Waals surface area contributed by atoms with Gasteiger partial charge in [0.05, 0.1) is 12.4 Å². The summed E-state index contributed by atoms with van der Waals surface area (Å²) < 4.78 is 36.3. The Morgan fingerprint density at radius 3 is 2.54 bits per heavy atom. The molecule has 2 aliphatic heterocycles. The van der Waals surface area contributed by atoms with Gasteiger partial charge in [-0.3, -0.25) is 4.99 Å². The Labute approximate surface area is 158 Å². The molecule has 0 aromatic carbocycles. The summed E-state index contributed by atoms with van der Waals surface area (Å²) in [5.74, 6) is 0.850. The molecule has 9 heteroatoms. The number of piperidine rings is 1. The Balaban J connectivity index is 1.74. The van der Waals surface area contributed by atoms with Gasteiger partial charge >= 0.3 is 0 Å². The standard InChI is InChI=1S/C17H34N4O4S/c1-18-17(19-14-15-6-4-9-21(15)26(3,22)23)20-10-7-16(8-11-20)25-13-5-12-24-2/h15-16H,4-14H2,1-3H3,(H,18,19)/t15-/m1/s1. The molecule has 8 nitrogen and oxygen atoms in total. The fraction of sp³-hybridized carbons (Fsp3) is 0.941. The summed E-state index contributed by atoms with van der Waals surface area (Å²) in [5, 5.41) is 3.37. The Bertz CT molecular complexity index is 547. The van der Waals surface area contributed by atoms with Crippen molar-refractivity contribution in [1.82, 2.24) is 14.5 Å². The Morgan fingerprint density at radius 1 is 1.19 bits per heavy atom. The lowest BCUT2D eigenvalue weighted by Crippen LogP contribution is -2.50. The number of nitrogens with one attached hydrogen (secondary N) is 1. The van der Waals surface area contributed by atoms with Crippen LogP contribution in [0.1, 0.15) is 32.1 Å². The summed E-state index contributed by atoms with van der Waals surface area (Å²) in [7, 11) is 0.345. The minimum Gasteiger partial charge on any atom is -0.385 e. The number of hydrogen-bond acceptors (Lipinski definition) is 5. The summed E-state index contributed by atoms with van der Waals surface area (Å²) >= 11 is 0. The molecule has 1 N–H and O–H groups in total. The molecule has 0 bridgehead atoms. The third-order valence-corrected chi connectivity index (χ3v) is 6.38. The van der Waals surface area contributed by atoms with Gasteiger partial charge in [0.25, 0.3) is 0 Å². The first-order valence-corrected chi connectivity index (χ1v) is 11.3. The average molecular weight is 391 g/mol. The zero-order valence-corrected chi connectivity index (χ0v) is 17.1. The largest absolute Gasteiger partial charge is 0.385 e. The van der Waals surface area contributed by atoms with Gasteiger partial charge in [-0.2, -0.15) is 4.31 Å². The van der Waals surface area contributed by atoms with Gasteiger partial charge in [-0.1, -0.05) is 0 Å². The molecule has 2 aliphatic rings. The van der Waals surface area contributed by atoms with E-state index >= 15 is 0 Å². The van der Waals surface area contributed by atoms with E-state index in [1.807, 2.05) is 0 Å². The van der Waals surface area contributed by atoms with E-state index in [9.17, 15) is 8.42 Å². The highest BCUT2D eigenvalue weighted by Crippen LogP contribution is 2.20. The minimum atomic E-state index is -3.14. The van der Waals surface area contributed by atoms with E-state index in [0.29, 0.717) is 19.2 Å². The maximum atomic E-state index is 11.9. The fourth-order valence-corrected chi connectivity index (χ4v) is 4.86. The van der Waals surface area contributed by atoms with E-state index in [1.54, 1.807) is 18.5 Å². The number of methoxy groups -OCH3 is 1. The molecule has 152 valence electrons. The molecule has 0 spiro atoms. The van der Waals surface area contributed by atoms with Crippen molar-refractivity contribution in [3.8, 4) is 0 Å². The molecule has 0 aromatic heterocycles. The van der Waals surface area contributed by atoms with Crippen LogP contribution < -0.4 is 5.32 Å². The topological polar surface area (TPSA) is 83.5 Å². The number of ether oxygens (including phenoxy) is 2. The number of likely N-dealkylation sites (tertiary alicyclic amines) is 1. The second-order valence-corrected chi connectivity index (χ2v) is 8.94. The van der Waals surface area contributed by atoms with Crippen molar-refractivity contribution in [2.75, 3.05) is 59.8 Å². The molecule has 2 fully saturated rings. The third-order valence-electron chi connectivity index (χ3n) is 5.04. The van der Waals surface area contributed by atoms with E-state index in [2.05, 4.69) is 15.2 Å². The second kappa shape index (κ2) is 10.4. The lowest BCUT2D eigenvalue weighted by Gasteiger charge is -2.35. The van der Waals surface area contributed by atoms with Crippen LogP contribution in [0.25, 0.3) is 0 Å². The molecular formula is C17H34N4O4S. The van der Waals surface area contributed by atoms with Gasteiger partial charge in [-0.25, -0.2) is 8.42 Å². The number of rotatable bonds is 8. The van der Waals surface area contributed by atoms with Crippen LogP contribution in [-0.2, 0) is 19.5 Å². The lowest BCUT2D eigenvalue weighted by atomic mass is 10.1. The Kier molecular flexibility index (Phi) is 8.59. The van der Waals surface area contributed by atoms with Gasteiger partial charge in [0, 0.05) is 59.6 Å². The first-order valence-electron chi connectivity index (χ1n) is 9.48. The predicted octanol–water partition coefficient (Wildman–Crippen LogP) is 0.503. The van der Waals surface area contributed by atoms with Crippen LogP contribution in [0.4, 0.5) is 0 Å². The normalized spacial score (nSPS) is 23.6. The summed E-state index contributed by atoms with van der Waals surface area (Å²) in [6, 6.07) is 0.0170. The molecule has 2 heterocycles. The minimum absolute atomic E-state index is 0.0170. The Morgan fingerprint density at radius 2 is 1.92 bits per heavy atom. The van der Waals surface area contributed by atoms with Gasteiger partial charge < -0.3 is 19.7 Å². The number of guanidine groups is 1. The Hall–Kier alpha value is -0.900. The molecule has 2 saturated heterocycles. The average Bonchev–Trinajstić information content (AvgIpc) is 3.09. The van der Waals surface area contributed by atoms with Crippen LogP contribution in [0, 0.1) is 0 Å². The molecule has 0 unspecified atom stereocenters. The van der Waals surface area contributed by atoms with Crippen LogP contribution in [0.3, 0.4) is 0 Å². The molecule has 2 rings (SSSR count).